The number of nitrogens with zero attached hydrogens (tertiary/aromatic N) is 6. The third-order valence-electron chi connectivity index (χ3n) is 6.06. The zero-order chi connectivity index (χ0) is 17.4. The second-order valence-corrected chi connectivity index (χ2v) is 7.37. The minimum absolute atomic E-state index is 0.638. The van der Waals surface area contributed by atoms with Crippen LogP contribution < -0.4 is 4.90 Å². The summed E-state index contributed by atoms with van der Waals surface area (Å²) in [6.07, 6.45) is 4.14. The van der Waals surface area contributed by atoms with Crippen molar-refractivity contribution in [1.29, 1.82) is 0 Å². The zero-order valence-electron chi connectivity index (χ0n) is 15.5. The van der Waals surface area contributed by atoms with Crippen LogP contribution in [0.2, 0.25) is 0 Å². The predicted molar refractivity (Wildman–Crippen MR) is 97.0 cm³/mol. The first-order valence-corrected chi connectivity index (χ1v) is 9.39. The molecule has 136 valence electrons. The van der Waals surface area contributed by atoms with Crippen LogP contribution in [0, 0.1) is 19.8 Å². The van der Waals surface area contributed by atoms with E-state index in [0.717, 1.165) is 56.7 Å². The number of hydrogen-bond acceptors (Lipinski definition) is 6. The lowest BCUT2D eigenvalue weighted by Gasteiger charge is -2.41. The summed E-state index contributed by atoms with van der Waals surface area (Å²) in [7, 11) is 0. The molecule has 2 saturated heterocycles. The first-order chi connectivity index (χ1) is 12.1. The summed E-state index contributed by atoms with van der Waals surface area (Å²) in [5.74, 6) is 0.756. The minimum Gasteiger partial charge on any atom is -0.379 e. The Morgan fingerprint density at radius 2 is 1.84 bits per heavy atom. The van der Waals surface area contributed by atoms with Crippen molar-refractivity contribution in [2.45, 2.75) is 39.7 Å². The number of anilines is 1. The van der Waals surface area contributed by atoms with E-state index < -0.39 is 0 Å². The highest BCUT2D eigenvalue weighted by Gasteiger charge is 2.30. The van der Waals surface area contributed by atoms with Crippen molar-refractivity contribution in [3.8, 4) is 0 Å². The number of fused-ring (bicyclic) bond motifs is 1. The average Bonchev–Trinajstić information content (AvgIpc) is 3.11. The molecule has 2 aliphatic rings. The van der Waals surface area contributed by atoms with E-state index in [1.165, 1.54) is 24.1 Å². The van der Waals surface area contributed by atoms with Crippen LogP contribution in [-0.4, -0.2) is 70.1 Å². The molecule has 2 aromatic heterocycles. The Bertz CT molecular complexity index is 730. The number of piperidine rings is 1. The van der Waals surface area contributed by atoms with Gasteiger partial charge in [-0.15, -0.1) is 10.2 Å². The van der Waals surface area contributed by atoms with Crippen LogP contribution in [-0.2, 0) is 4.74 Å². The predicted octanol–water partition coefficient (Wildman–Crippen LogP) is 1.68. The van der Waals surface area contributed by atoms with Crippen molar-refractivity contribution in [2.24, 2.45) is 5.92 Å². The molecule has 4 heterocycles. The Labute approximate surface area is 149 Å². The molecule has 7 heteroatoms. The Morgan fingerprint density at radius 1 is 1.12 bits per heavy atom. The van der Waals surface area contributed by atoms with Gasteiger partial charge in [0.05, 0.1) is 24.6 Å². The van der Waals surface area contributed by atoms with Gasteiger partial charge in [-0.2, -0.15) is 9.61 Å². The second kappa shape index (κ2) is 6.88. The zero-order valence-corrected chi connectivity index (χ0v) is 15.5. The van der Waals surface area contributed by atoms with E-state index in [4.69, 9.17) is 4.74 Å². The molecule has 7 nitrogen and oxygen atoms in total. The summed E-state index contributed by atoms with van der Waals surface area (Å²) >= 11 is 0. The molecule has 2 aliphatic heterocycles. The molecule has 0 saturated carbocycles. The van der Waals surface area contributed by atoms with Crippen molar-refractivity contribution in [1.82, 2.24) is 24.7 Å². The maximum atomic E-state index is 5.50. The lowest BCUT2D eigenvalue weighted by Crippen LogP contribution is -2.48. The van der Waals surface area contributed by atoms with Crippen molar-refractivity contribution in [3.05, 3.63) is 17.6 Å². The lowest BCUT2D eigenvalue weighted by atomic mass is 9.88. The maximum Gasteiger partial charge on any atom is 0.201 e. The van der Waals surface area contributed by atoms with Gasteiger partial charge in [0.15, 0.2) is 0 Å². The first-order valence-electron chi connectivity index (χ1n) is 9.39. The van der Waals surface area contributed by atoms with Crippen molar-refractivity contribution < 1.29 is 4.74 Å². The van der Waals surface area contributed by atoms with Gasteiger partial charge in [0, 0.05) is 32.2 Å². The fraction of sp³-hybridized carbons (Fsp3) is 0.722. The van der Waals surface area contributed by atoms with Crippen molar-refractivity contribution in [3.63, 3.8) is 0 Å². The molecule has 0 N–H and O–H groups in total. The lowest BCUT2D eigenvalue weighted by molar-refractivity contribution is 0.00449. The van der Waals surface area contributed by atoms with Gasteiger partial charge in [-0.3, -0.25) is 4.90 Å². The fourth-order valence-electron chi connectivity index (χ4n) is 4.30. The number of ether oxygens (including phenoxy) is 1. The summed E-state index contributed by atoms with van der Waals surface area (Å²) in [6, 6.07) is 0.638. The molecule has 25 heavy (non-hydrogen) atoms. The molecule has 4 rings (SSSR count). The highest BCUT2D eigenvalue weighted by Crippen LogP contribution is 2.32. The summed E-state index contributed by atoms with van der Waals surface area (Å²) in [5.41, 5.74) is 4.36. The maximum absolute atomic E-state index is 5.50. The van der Waals surface area contributed by atoms with E-state index in [1.807, 2.05) is 0 Å². The number of aromatic nitrogens is 4. The highest BCUT2D eigenvalue weighted by atomic mass is 16.5. The van der Waals surface area contributed by atoms with Gasteiger partial charge >= 0.3 is 0 Å². The molecule has 1 unspecified atom stereocenters. The normalized spacial score (nSPS) is 21.8. The molecule has 1 atom stereocenters. The van der Waals surface area contributed by atoms with Gasteiger partial charge in [-0.05, 0) is 45.1 Å². The quantitative estimate of drug-likeness (QED) is 0.844. The second-order valence-electron chi connectivity index (χ2n) is 7.37. The van der Waals surface area contributed by atoms with E-state index >= 15 is 0 Å². The SMILES string of the molecule is Cc1nn2cnnc2c(N2CCC(C(C)N3CCOCC3)CC2)c1C. The summed E-state index contributed by atoms with van der Waals surface area (Å²) < 4.78 is 7.30. The number of hydrogen-bond donors (Lipinski definition) is 0. The summed E-state index contributed by atoms with van der Waals surface area (Å²) in [5, 5.41) is 12.9. The molecule has 0 bridgehead atoms. The molecule has 2 aromatic rings. The van der Waals surface area contributed by atoms with Crippen molar-refractivity contribution >= 4 is 11.3 Å². The summed E-state index contributed by atoms with van der Waals surface area (Å²) in [6.45, 7) is 12.7. The Hall–Kier alpha value is -1.73. The fourth-order valence-corrected chi connectivity index (χ4v) is 4.30. The molecule has 0 radical (unpaired) electrons. The first kappa shape index (κ1) is 16.7. The monoisotopic (exact) mass is 344 g/mol. The van der Waals surface area contributed by atoms with E-state index in [0.29, 0.717) is 6.04 Å². The third kappa shape index (κ3) is 3.11. The number of aryl methyl sites for hydroxylation is 1. The van der Waals surface area contributed by atoms with Crippen LogP contribution in [0.5, 0.6) is 0 Å². The number of morpholine rings is 1. The third-order valence-corrected chi connectivity index (χ3v) is 6.06. The van der Waals surface area contributed by atoms with Crippen LogP contribution in [0.15, 0.2) is 6.33 Å². The molecule has 0 amide bonds. The van der Waals surface area contributed by atoms with Crippen LogP contribution in [0.25, 0.3) is 5.65 Å². The minimum atomic E-state index is 0.638. The standard InChI is InChI=1S/C18H28N6O/c1-13-14(2)21-24-12-19-20-18(24)17(13)23-6-4-16(5-7-23)15(3)22-8-10-25-11-9-22/h12,15-16H,4-11H2,1-3H3. The van der Waals surface area contributed by atoms with Crippen molar-refractivity contribution in [2.75, 3.05) is 44.3 Å². The van der Waals surface area contributed by atoms with Gasteiger partial charge in [0.1, 0.15) is 6.33 Å². The Kier molecular flexibility index (Phi) is 4.60. The van der Waals surface area contributed by atoms with E-state index in [1.54, 1.807) is 10.8 Å². The van der Waals surface area contributed by atoms with Gasteiger partial charge in [0.2, 0.25) is 5.65 Å². The number of rotatable bonds is 3. The molecule has 0 spiro atoms. The van der Waals surface area contributed by atoms with Crippen LogP contribution in [0.3, 0.4) is 0 Å². The Balaban J connectivity index is 1.49. The molecular formula is C18H28N6O. The Morgan fingerprint density at radius 3 is 2.56 bits per heavy atom. The van der Waals surface area contributed by atoms with E-state index in [2.05, 4.69) is 45.9 Å². The summed E-state index contributed by atoms with van der Waals surface area (Å²) in [4.78, 5) is 5.08. The van der Waals surface area contributed by atoms with Gasteiger partial charge in [-0.1, -0.05) is 0 Å². The largest absolute Gasteiger partial charge is 0.379 e. The molecule has 0 aromatic carbocycles. The molecular weight excluding hydrogens is 316 g/mol. The topological polar surface area (TPSA) is 58.8 Å². The van der Waals surface area contributed by atoms with Crippen LogP contribution in [0.1, 0.15) is 31.0 Å². The molecule has 0 aliphatic carbocycles. The average molecular weight is 344 g/mol. The van der Waals surface area contributed by atoms with Crippen LogP contribution in [0.4, 0.5) is 5.69 Å². The smallest absolute Gasteiger partial charge is 0.201 e. The van der Waals surface area contributed by atoms with E-state index in [9.17, 15) is 0 Å². The van der Waals surface area contributed by atoms with Gasteiger partial charge in [-0.25, -0.2) is 0 Å². The molecule has 2 fully saturated rings. The van der Waals surface area contributed by atoms with Crippen LogP contribution >= 0.6 is 0 Å². The highest BCUT2D eigenvalue weighted by molar-refractivity contribution is 5.72. The van der Waals surface area contributed by atoms with Gasteiger partial charge < -0.3 is 9.64 Å². The van der Waals surface area contributed by atoms with E-state index in [-0.39, 0.29) is 0 Å². The van der Waals surface area contributed by atoms with Gasteiger partial charge in [0.25, 0.3) is 0 Å².